The van der Waals surface area contributed by atoms with Crippen LogP contribution in [0.15, 0.2) is 0 Å². The highest BCUT2D eigenvalue weighted by Gasteiger charge is 2.26. The van der Waals surface area contributed by atoms with E-state index in [1.54, 1.807) is 0 Å². The van der Waals surface area contributed by atoms with Crippen molar-refractivity contribution >= 4 is 0 Å². The summed E-state index contributed by atoms with van der Waals surface area (Å²) in [5, 5.41) is 1.92. The SMILES string of the molecule is CCN1[C@H](C)CN(N)C[C@@H]1C. The Kier molecular flexibility index (Phi) is 2.87. The largest absolute Gasteiger partial charge is 0.296 e. The van der Waals surface area contributed by atoms with Gasteiger partial charge in [0.1, 0.15) is 0 Å². The number of hydrogen-bond donors (Lipinski definition) is 1. The van der Waals surface area contributed by atoms with Gasteiger partial charge in [-0.2, -0.15) is 0 Å². The molecule has 0 amide bonds. The van der Waals surface area contributed by atoms with Gasteiger partial charge in [-0.1, -0.05) is 6.92 Å². The van der Waals surface area contributed by atoms with Crippen molar-refractivity contribution in [1.29, 1.82) is 0 Å². The zero-order chi connectivity index (χ0) is 8.43. The third-order valence-corrected chi connectivity index (χ3v) is 2.49. The van der Waals surface area contributed by atoms with Crippen molar-refractivity contribution in [3.05, 3.63) is 0 Å². The summed E-state index contributed by atoms with van der Waals surface area (Å²) < 4.78 is 0. The molecule has 2 atom stereocenters. The molecule has 3 heteroatoms. The van der Waals surface area contributed by atoms with Gasteiger partial charge in [0.2, 0.25) is 0 Å². The number of hydrazine groups is 1. The van der Waals surface area contributed by atoms with Crippen molar-refractivity contribution in [2.45, 2.75) is 32.9 Å². The van der Waals surface area contributed by atoms with Crippen molar-refractivity contribution in [1.82, 2.24) is 9.91 Å². The van der Waals surface area contributed by atoms with Gasteiger partial charge >= 0.3 is 0 Å². The molecule has 1 aliphatic heterocycles. The first kappa shape index (κ1) is 8.97. The molecule has 0 aromatic heterocycles. The van der Waals surface area contributed by atoms with E-state index in [-0.39, 0.29) is 0 Å². The predicted molar refractivity (Wildman–Crippen MR) is 47.1 cm³/mol. The topological polar surface area (TPSA) is 32.5 Å². The highest BCUT2D eigenvalue weighted by molar-refractivity contribution is 4.81. The van der Waals surface area contributed by atoms with Crippen LogP contribution in [-0.4, -0.2) is 41.6 Å². The van der Waals surface area contributed by atoms with Crippen molar-refractivity contribution in [2.24, 2.45) is 5.84 Å². The van der Waals surface area contributed by atoms with Crippen LogP contribution in [0.1, 0.15) is 20.8 Å². The fourth-order valence-electron chi connectivity index (χ4n) is 2.02. The normalized spacial score (nSPS) is 36.0. The average Bonchev–Trinajstić information content (AvgIpc) is 1.85. The maximum Gasteiger partial charge on any atom is 0.0283 e. The molecular formula is C8H19N3. The van der Waals surface area contributed by atoms with E-state index in [1.807, 2.05) is 5.01 Å². The second-order valence-electron chi connectivity index (χ2n) is 3.48. The molecular weight excluding hydrogens is 138 g/mol. The highest BCUT2D eigenvalue weighted by atomic mass is 15.4. The molecule has 0 aromatic carbocycles. The molecule has 11 heavy (non-hydrogen) atoms. The van der Waals surface area contributed by atoms with Crippen LogP contribution in [0.2, 0.25) is 0 Å². The summed E-state index contributed by atoms with van der Waals surface area (Å²) in [6.45, 7) is 9.81. The van der Waals surface area contributed by atoms with E-state index in [1.165, 1.54) is 0 Å². The Hall–Kier alpha value is -0.120. The first-order chi connectivity index (χ1) is 5.15. The number of nitrogens with two attached hydrogens (primary N) is 1. The van der Waals surface area contributed by atoms with Gasteiger partial charge in [-0.15, -0.1) is 0 Å². The second kappa shape index (κ2) is 3.52. The molecule has 0 saturated carbocycles. The molecule has 2 N–H and O–H groups in total. The average molecular weight is 157 g/mol. The smallest absolute Gasteiger partial charge is 0.0283 e. The van der Waals surface area contributed by atoms with Crippen molar-refractivity contribution in [3.63, 3.8) is 0 Å². The molecule has 0 radical (unpaired) electrons. The number of rotatable bonds is 1. The minimum atomic E-state index is 0.605. The molecule has 0 aliphatic carbocycles. The van der Waals surface area contributed by atoms with Crippen LogP contribution in [0, 0.1) is 0 Å². The maximum atomic E-state index is 5.74. The zero-order valence-corrected chi connectivity index (χ0v) is 7.75. The lowest BCUT2D eigenvalue weighted by molar-refractivity contribution is 0.0433. The second-order valence-corrected chi connectivity index (χ2v) is 3.48. The van der Waals surface area contributed by atoms with Gasteiger partial charge in [0.25, 0.3) is 0 Å². The van der Waals surface area contributed by atoms with Gasteiger partial charge in [-0.05, 0) is 20.4 Å². The van der Waals surface area contributed by atoms with E-state index in [9.17, 15) is 0 Å². The lowest BCUT2D eigenvalue weighted by Gasteiger charge is -2.42. The first-order valence-corrected chi connectivity index (χ1v) is 4.40. The van der Waals surface area contributed by atoms with Crippen LogP contribution in [0.3, 0.4) is 0 Å². The Balaban J connectivity index is 2.52. The Morgan fingerprint density at radius 3 is 2.09 bits per heavy atom. The van der Waals surface area contributed by atoms with Gasteiger partial charge in [0, 0.05) is 25.2 Å². The van der Waals surface area contributed by atoms with Gasteiger partial charge in [0.05, 0.1) is 0 Å². The molecule has 1 fully saturated rings. The molecule has 1 rings (SSSR count). The Labute approximate surface area is 69.1 Å². The summed E-state index contributed by atoms with van der Waals surface area (Å²) in [4.78, 5) is 2.49. The van der Waals surface area contributed by atoms with Crippen LogP contribution >= 0.6 is 0 Å². The maximum absolute atomic E-state index is 5.74. The Bertz CT molecular complexity index is 115. The summed E-state index contributed by atoms with van der Waals surface area (Å²) in [5.41, 5.74) is 0. The number of piperazine rings is 1. The standard InChI is InChI=1S/C8H19N3/c1-4-11-7(2)5-10(9)6-8(11)3/h7-8H,4-6,9H2,1-3H3/t7-,8+. The lowest BCUT2D eigenvalue weighted by atomic mass is 10.1. The third-order valence-electron chi connectivity index (χ3n) is 2.49. The van der Waals surface area contributed by atoms with Crippen LogP contribution in [0.25, 0.3) is 0 Å². The van der Waals surface area contributed by atoms with Gasteiger partial charge in [-0.25, -0.2) is 5.01 Å². The van der Waals surface area contributed by atoms with E-state index in [0.29, 0.717) is 12.1 Å². The molecule has 1 aliphatic rings. The minimum absolute atomic E-state index is 0.605. The highest BCUT2D eigenvalue weighted by Crippen LogP contribution is 2.11. The van der Waals surface area contributed by atoms with E-state index in [2.05, 4.69) is 25.7 Å². The zero-order valence-electron chi connectivity index (χ0n) is 7.75. The molecule has 1 saturated heterocycles. The van der Waals surface area contributed by atoms with Crippen molar-refractivity contribution in [3.8, 4) is 0 Å². The molecule has 1 heterocycles. The molecule has 0 aromatic rings. The fraction of sp³-hybridized carbons (Fsp3) is 1.00. The molecule has 0 spiro atoms. The first-order valence-electron chi connectivity index (χ1n) is 4.40. The summed E-state index contributed by atoms with van der Waals surface area (Å²) >= 11 is 0. The number of likely N-dealkylation sites (N-methyl/N-ethyl adjacent to an activating group) is 1. The quantitative estimate of drug-likeness (QED) is 0.555. The predicted octanol–water partition coefficient (Wildman–Crippen LogP) is 0.275. The van der Waals surface area contributed by atoms with Crippen molar-refractivity contribution < 1.29 is 0 Å². The molecule has 3 nitrogen and oxygen atoms in total. The number of hydrogen-bond acceptors (Lipinski definition) is 3. The lowest BCUT2D eigenvalue weighted by Crippen LogP contribution is -2.58. The molecule has 66 valence electrons. The summed E-state index contributed by atoms with van der Waals surface area (Å²) in [6.07, 6.45) is 0. The number of nitrogens with zero attached hydrogens (tertiary/aromatic N) is 2. The summed E-state index contributed by atoms with van der Waals surface area (Å²) in [7, 11) is 0. The summed E-state index contributed by atoms with van der Waals surface area (Å²) in [5.74, 6) is 5.74. The van der Waals surface area contributed by atoms with E-state index in [0.717, 1.165) is 19.6 Å². The van der Waals surface area contributed by atoms with E-state index in [4.69, 9.17) is 5.84 Å². The van der Waals surface area contributed by atoms with Gasteiger partial charge in [-0.3, -0.25) is 10.7 Å². The third kappa shape index (κ3) is 1.92. The van der Waals surface area contributed by atoms with Crippen LogP contribution in [0.4, 0.5) is 0 Å². The van der Waals surface area contributed by atoms with Gasteiger partial charge < -0.3 is 0 Å². The van der Waals surface area contributed by atoms with Crippen molar-refractivity contribution in [2.75, 3.05) is 19.6 Å². The van der Waals surface area contributed by atoms with E-state index < -0.39 is 0 Å². The monoisotopic (exact) mass is 157 g/mol. The van der Waals surface area contributed by atoms with Gasteiger partial charge in [0.15, 0.2) is 0 Å². The Morgan fingerprint density at radius 2 is 1.73 bits per heavy atom. The van der Waals surface area contributed by atoms with Crippen LogP contribution in [-0.2, 0) is 0 Å². The van der Waals surface area contributed by atoms with Crippen LogP contribution in [0.5, 0.6) is 0 Å². The van der Waals surface area contributed by atoms with E-state index >= 15 is 0 Å². The fourth-order valence-corrected chi connectivity index (χ4v) is 2.02. The molecule has 0 bridgehead atoms. The molecule has 0 unspecified atom stereocenters. The van der Waals surface area contributed by atoms with Crippen LogP contribution < -0.4 is 5.84 Å². The Morgan fingerprint density at radius 1 is 1.27 bits per heavy atom. The minimum Gasteiger partial charge on any atom is -0.296 e. The summed E-state index contributed by atoms with van der Waals surface area (Å²) in [6, 6.07) is 1.21.